The summed E-state index contributed by atoms with van der Waals surface area (Å²) in [6.45, 7) is 0.730. The monoisotopic (exact) mass is 253 g/mol. The van der Waals surface area contributed by atoms with Crippen molar-refractivity contribution in [2.45, 2.75) is 18.3 Å². The first-order valence-corrected chi connectivity index (χ1v) is 6.73. The van der Waals surface area contributed by atoms with E-state index in [9.17, 15) is 0 Å². The second kappa shape index (κ2) is 4.71. The van der Waals surface area contributed by atoms with E-state index in [-0.39, 0.29) is 5.41 Å². The largest absolute Gasteiger partial charge is 0.496 e. The SMILES string of the molecule is COc1ccc(C2(CN)CC2)cc1-c1ccccc1. The standard InChI is InChI=1S/C17H19NO/c1-19-16-8-7-14(17(12-18)9-10-17)11-15(16)13-5-3-2-4-6-13/h2-8,11H,9-10,12,18H2,1H3. The molecule has 2 N–H and O–H groups in total. The van der Waals surface area contributed by atoms with Crippen molar-refractivity contribution in [3.63, 3.8) is 0 Å². The highest BCUT2D eigenvalue weighted by Crippen LogP contribution is 2.48. The first-order chi connectivity index (χ1) is 9.29. The van der Waals surface area contributed by atoms with E-state index in [4.69, 9.17) is 10.5 Å². The molecule has 19 heavy (non-hydrogen) atoms. The zero-order valence-corrected chi connectivity index (χ0v) is 11.2. The molecule has 0 aliphatic heterocycles. The molecule has 0 bridgehead atoms. The average molecular weight is 253 g/mol. The zero-order valence-electron chi connectivity index (χ0n) is 11.2. The van der Waals surface area contributed by atoms with E-state index >= 15 is 0 Å². The van der Waals surface area contributed by atoms with Gasteiger partial charge in [0.05, 0.1) is 7.11 Å². The summed E-state index contributed by atoms with van der Waals surface area (Å²) in [6, 6.07) is 16.8. The average Bonchev–Trinajstić information content (AvgIpc) is 3.28. The second-order valence-electron chi connectivity index (χ2n) is 5.27. The molecule has 0 unspecified atom stereocenters. The van der Waals surface area contributed by atoms with E-state index in [0.29, 0.717) is 0 Å². The summed E-state index contributed by atoms with van der Waals surface area (Å²) in [6.07, 6.45) is 2.40. The maximum Gasteiger partial charge on any atom is 0.126 e. The molecule has 0 atom stereocenters. The molecular formula is C17H19NO. The van der Waals surface area contributed by atoms with E-state index < -0.39 is 0 Å². The molecule has 0 spiro atoms. The molecular weight excluding hydrogens is 234 g/mol. The zero-order chi connectivity index (χ0) is 13.3. The number of ether oxygens (including phenoxy) is 1. The van der Waals surface area contributed by atoms with Crippen LogP contribution in [0.5, 0.6) is 5.75 Å². The van der Waals surface area contributed by atoms with Gasteiger partial charge < -0.3 is 10.5 Å². The Bertz CT molecular complexity index is 573. The molecule has 2 heteroatoms. The highest BCUT2D eigenvalue weighted by molar-refractivity contribution is 5.71. The van der Waals surface area contributed by atoms with Crippen molar-refractivity contribution >= 4 is 0 Å². The van der Waals surface area contributed by atoms with Gasteiger partial charge in [0.1, 0.15) is 5.75 Å². The van der Waals surface area contributed by atoms with Crippen molar-refractivity contribution in [3.8, 4) is 16.9 Å². The van der Waals surface area contributed by atoms with Gasteiger partial charge in [-0.1, -0.05) is 36.4 Å². The number of rotatable bonds is 4. The Morgan fingerprint density at radius 1 is 1.11 bits per heavy atom. The Kier molecular flexibility index (Phi) is 3.03. The fourth-order valence-electron chi connectivity index (χ4n) is 2.64. The van der Waals surface area contributed by atoms with Gasteiger partial charge in [-0.25, -0.2) is 0 Å². The van der Waals surface area contributed by atoms with Crippen LogP contribution in [0.15, 0.2) is 48.5 Å². The Labute approximate surface area is 114 Å². The molecule has 1 aliphatic carbocycles. The van der Waals surface area contributed by atoms with Crippen molar-refractivity contribution in [1.29, 1.82) is 0 Å². The molecule has 2 aromatic rings. The maximum absolute atomic E-state index is 5.93. The van der Waals surface area contributed by atoms with Gasteiger partial charge in [0.2, 0.25) is 0 Å². The van der Waals surface area contributed by atoms with Crippen molar-refractivity contribution in [3.05, 3.63) is 54.1 Å². The van der Waals surface area contributed by atoms with Gasteiger partial charge in [0.15, 0.2) is 0 Å². The molecule has 0 radical (unpaired) electrons. The minimum Gasteiger partial charge on any atom is -0.496 e. The van der Waals surface area contributed by atoms with Crippen LogP contribution in [-0.4, -0.2) is 13.7 Å². The predicted molar refractivity (Wildman–Crippen MR) is 78.4 cm³/mol. The third kappa shape index (κ3) is 2.13. The second-order valence-corrected chi connectivity index (χ2v) is 5.27. The molecule has 2 nitrogen and oxygen atoms in total. The Balaban J connectivity index is 2.09. The summed E-state index contributed by atoms with van der Waals surface area (Å²) in [7, 11) is 1.72. The van der Waals surface area contributed by atoms with Gasteiger partial charge in [0, 0.05) is 17.5 Å². The smallest absolute Gasteiger partial charge is 0.126 e. The van der Waals surface area contributed by atoms with Crippen molar-refractivity contribution in [1.82, 2.24) is 0 Å². The van der Waals surface area contributed by atoms with Gasteiger partial charge in [-0.2, -0.15) is 0 Å². The lowest BCUT2D eigenvalue weighted by Gasteiger charge is -2.16. The number of hydrogen-bond acceptors (Lipinski definition) is 2. The molecule has 0 amide bonds. The third-order valence-corrected chi connectivity index (χ3v) is 4.14. The first kappa shape index (κ1) is 12.2. The quantitative estimate of drug-likeness (QED) is 0.907. The molecule has 98 valence electrons. The number of methoxy groups -OCH3 is 1. The summed E-state index contributed by atoms with van der Waals surface area (Å²) in [5, 5.41) is 0. The summed E-state index contributed by atoms with van der Waals surface area (Å²) in [5.74, 6) is 0.919. The van der Waals surface area contributed by atoms with E-state index in [1.807, 2.05) is 6.07 Å². The minimum atomic E-state index is 0.218. The van der Waals surface area contributed by atoms with Crippen LogP contribution in [-0.2, 0) is 5.41 Å². The number of benzene rings is 2. The van der Waals surface area contributed by atoms with Gasteiger partial charge >= 0.3 is 0 Å². The van der Waals surface area contributed by atoms with Crippen molar-refractivity contribution in [2.75, 3.05) is 13.7 Å². The van der Waals surface area contributed by atoms with E-state index in [2.05, 4.69) is 42.5 Å². The van der Waals surface area contributed by atoms with Crippen LogP contribution in [0.4, 0.5) is 0 Å². The molecule has 0 saturated heterocycles. The lowest BCUT2D eigenvalue weighted by Crippen LogP contribution is -2.19. The number of hydrogen-bond donors (Lipinski definition) is 1. The molecule has 1 saturated carbocycles. The van der Waals surface area contributed by atoms with Crippen LogP contribution >= 0.6 is 0 Å². The minimum absolute atomic E-state index is 0.218. The maximum atomic E-state index is 5.93. The molecule has 0 heterocycles. The lowest BCUT2D eigenvalue weighted by atomic mass is 9.92. The van der Waals surface area contributed by atoms with E-state index in [1.54, 1.807) is 7.11 Å². The Hall–Kier alpha value is -1.80. The Morgan fingerprint density at radius 2 is 1.84 bits per heavy atom. The molecule has 0 aromatic heterocycles. The lowest BCUT2D eigenvalue weighted by molar-refractivity contribution is 0.416. The van der Waals surface area contributed by atoms with Gasteiger partial charge in [-0.05, 0) is 36.1 Å². The first-order valence-electron chi connectivity index (χ1n) is 6.73. The summed E-state index contributed by atoms with van der Waals surface area (Å²) < 4.78 is 5.49. The highest BCUT2D eigenvalue weighted by atomic mass is 16.5. The molecule has 1 fully saturated rings. The van der Waals surface area contributed by atoms with Gasteiger partial charge in [0.25, 0.3) is 0 Å². The van der Waals surface area contributed by atoms with Crippen LogP contribution < -0.4 is 10.5 Å². The van der Waals surface area contributed by atoms with E-state index in [0.717, 1.165) is 17.9 Å². The van der Waals surface area contributed by atoms with Crippen molar-refractivity contribution < 1.29 is 4.74 Å². The molecule has 1 aliphatic rings. The number of nitrogens with two attached hydrogens (primary N) is 1. The topological polar surface area (TPSA) is 35.2 Å². The normalized spacial score (nSPS) is 16.1. The van der Waals surface area contributed by atoms with Crippen molar-refractivity contribution in [2.24, 2.45) is 5.73 Å². The fraction of sp³-hybridized carbons (Fsp3) is 0.294. The predicted octanol–water partition coefficient (Wildman–Crippen LogP) is 3.35. The van der Waals surface area contributed by atoms with E-state index in [1.165, 1.54) is 24.0 Å². The van der Waals surface area contributed by atoms with Crippen LogP contribution in [0.2, 0.25) is 0 Å². The van der Waals surface area contributed by atoms with Crippen LogP contribution in [0, 0.1) is 0 Å². The van der Waals surface area contributed by atoms with Crippen LogP contribution in [0.3, 0.4) is 0 Å². The van der Waals surface area contributed by atoms with Gasteiger partial charge in [-0.15, -0.1) is 0 Å². The third-order valence-electron chi connectivity index (χ3n) is 4.14. The molecule has 3 rings (SSSR count). The fourth-order valence-corrected chi connectivity index (χ4v) is 2.64. The molecule has 2 aromatic carbocycles. The summed E-state index contributed by atoms with van der Waals surface area (Å²) in [4.78, 5) is 0. The summed E-state index contributed by atoms with van der Waals surface area (Å²) in [5.41, 5.74) is 9.83. The highest BCUT2D eigenvalue weighted by Gasteiger charge is 2.43. The summed E-state index contributed by atoms with van der Waals surface area (Å²) >= 11 is 0. The van der Waals surface area contributed by atoms with Crippen LogP contribution in [0.25, 0.3) is 11.1 Å². The van der Waals surface area contributed by atoms with Gasteiger partial charge in [-0.3, -0.25) is 0 Å². The Morgan fingerprint density at radius 3 is 2.42 bits per heavy atom. The van der Waals surface area contributed by atoms with Crippen LogP contribution in [0.1, 0.15) is 18.4 Å².